The number of hydrogen-bond acceptors (Lipinski definition) is 0. The van der Waals surface area contributed by atoms with Gasteiger partial charge in [-0.1, -0.05) is 0 Å². The molecule has 0 saturated heterocycles. The van der Waals surface area contributed by atoms with Crippen molar-refractivity contribution in [1.82, 2.24) is 0 Å². The number of alkyl halides is 7. The highest BCUT2D eigenvalue weighted by Gasteiger charge is 2.74. The molecule has 0 spiro atoms. The maximum absolute atomic E-state index is 12.2. The second-order valence-corrected chi connectivity index (χ2v) is 2.56. The Bertz CT molecular complexity index is 286. The summed E-state index contributed by atoms with van der Waals surface area (Å²) in [7, 11) is 0. The molecular formula is C6H2F10. The normalized spacial score (nSPS) is 13.9. The van der Waals surface area contributed by atoms with Crippen molar-refractivity contribution in [2.24, 2.45) is 0 Å². The minimum absolute atomic E-state index is 3.25. The summed E-state index contributed by atoms with van der Waals surface area (Å²) in [4.78, 5) is 0. The lowest BCUT2D eigenvalue weighted by molar-refractivity contribution is -0.304. The summed E-state index contributed by atoms with van der Waals surface area (Å²) in [5.41, 5.74) is 0. The van der Waals surface area contributed by atoms with Crippen LogP contribution in [0.2, 0.25) is 0 Å². The maximum atomic E-state index is 12.2. The van der Waals surface area contributed by atoms with E-state index in [9.17, 15) is 43.9 Å². The molecule has 0 aromatic heterocycles. The second kappa shape index (κ2) is 4.13. The zero-order valence-electron chi connectivity index (χ0n) is 6.99. The van der Waals surface area contributed by atoms with Gasteiger partial charge in [0.1, 0.15) is 0 Å². The molecule has 0 bridgehead atoms. The van der Waals surface area contributed by atoms with Crippen molar-refractivity contribution in [3.05, 3.63) is 11.9 Å². The summed E-state index contributed by atoms with van der Waals surface area (Å²) in [6.07, 6.45) is -3.89. The molecule has 0 fully saturated rings. The van der Waals surface area contributed by atoms with Crippen LogP contribution in [0.3, 0.4) is 0 Å². The van der Waals surface area contributed by atoms with E-state index in [0.717, 1.165) is 0 Å². The van der Waals surface area contributed by atoms with Crippen LogP contribution in [0.15, 0.2) is 11.9 Å². The van der Waals surface area contributed by atoms with Gasteiger partial charge in [-0.2, -0.15) is 39.5 Å². The molecule has 0 aliphatic carbocycles. The molecule has 16 heavy (non-hydrogen) atoms. The van der Waals surface area contributed by atoms with Crippen molar-refractivity contribution in [1.29, 1.82) is 0 Å². The molecule has 0 atom stereocenters. The first-order valence-electron chi connectivity index (χ1n) is 3.32. The first kappa shape index (κ1) is 15.0. The Morgan fingerprint density at radius 2 is 1.19 bits per heavy atom. The Balaban J connectivity index is 5.56. The van der Waals surface area contributed by atoms with Gasteiger partial charge in [0.25, 0.3) is 0 Å². The van der Waals surface area contributed by atoms with Crippen LogP contribution in [0.4, 0.5) is 43.9 Å². The van der Waals surface area contributed by atoms with Crippen LogP contribution in [-0.2, 0) is 0 Å². The van der Waals surface area contributed by atoms with E-state index < -0.39 is 36.3 Å². The predicted octanol–water partition coefficient (Wildman–Crippen LogP) is 3.94. The third kappa shape index (κ3) is 2.09. The molecule has 0 amide bonds. The highest BCUT2D eigenvalue weighted by molar-refractivity contribution is 5.14. The minimum Gasteiger partial charge on any atom is -0.244 e. The zero-order valence-corrected chi connectivity index (χ0v) is 6.99. The van der Waals surface area contributed by atoms with Crippen LogP contribution in [0.25, 0.3) is 0 Å². The van der Waals surface area contributed by atoms with Crippen molar-refractivity contribution >= 4 is 0 Å². The predicted molar refractivity (Wildman–Crippen MR) is 31.2 cm³/mol. The zero-order chi connectivity index (χ0) is 13.4. The Morgan fingerprint density at radius 1 is 0.812 bits per heavy atom. The van der Waals surface area contributed by atoms with E-state index in [1.54, 1.807) is 0 Å². The lowest BCUT2D eigenvalue weighted by atomic mass is 10.0. The molecule has 0 aromatic rings. The van der Waals surface area contributed by atoms with E-state index in [1.807, 2.05) is 0 Å². The van der Waals surface area contributed by atoms with Crippen molar-refractivity contribution < 1.29 is 43.9 Å². The monoisotopic (exact) mass is 264 g/mol. The van der Waals surface area contributed by atoms with Crippen molar-refractivity contribution in [3.8, 4) is 0 Å². The van der Waals surface area contributed by atoms with E-state index in [1.165, 1.54) is 0 Å². The molecule has 0 rings (SSSR count). The summed E-state index contributed by atoms with van der Waals surface area (Å²) in [6, 6.07) is 0. The van der Waals surface area contributed by atoms with Crippen molar-refractivity contribution in [2.75, 3.05) is 6.67 Å². The Hall–Kier alpha value is -0.960. The van der Waals surface area contributed by atoms with Crippen LogP contribution in [0.5, 0.6) is 0 Å². The third-order valence-corrected chi connectivity index (χ3v) is 1.46. The fourth-order valence-electron chi connectivity index (χ4n) is 0.570. The summed E-state index contributed by atoms with van der Waals surface area (Å²) >= 11 is 0. The molecule has 0 aliphatic heterocycles. The van der Waals surface area contributed by atoms with Gasteiger partial charge in [0, 0.05) is 0 Å². The van der Waals surface area contributed by atoms with Crippen molar-refractivity contribution in [3.63, 3.8) is 0 Å². The average Bonchev–Trinajstić information content (AvgIpc) is 2.15. The summed E-state index contributed by atoms with van der Waals surface area (Å²) in [6.45, 7) is -3.25. The fraction of sp³-hybridized carbons (Fsp3) is 0.667. The molecule has 0 nitrogen and oxygen atoms in total. The lowest BCUT2D eigenvalue weighted by Crippen LogP contribution is -2.55. The number of halogens is 10. The van der Waals surface area contributed by atoms with Crippen LogP contribution in [0.1, 0.15) is 0 Å². The molecule has 0 heterocycles. The second-order valence-electron chi connectivity index (χ2n) is 2.56. The van der Waals surface area contributed by atoms with Gasteiger partial charge >= 0.3 is 23.8 Å². The van der Waals surface area contributed by atoms with Gasteiger partial charge in [-0.3, -0.25) is 0 Å². The first-order valence-corrected chi connectivity index (χ1v) is 3.32. The number of rotatable bonds is 4. The summed E-state index contributed by atoms with van der Waals surface area (Å²) < 4.78 is 119. The van der Waals surface area contributed by atoms with Crippen LogP contribution < -0.4 is 0 Å². The van der Waals surface area contributed by atoms with Gasteiger partial charge in [0.05, 0.1) is 0 Å². The Morgan fingerprint density at radius 3 is 1.44 bits per heavy atom. The van der Waals surface area contributed by atoms with Gasteiger partial charge in [-0.25, -0.2) is 4.39 Å². The van der Waals surface area contributed by atoms with E-state index in [0.29, 0.717) is 0 Å². The highest BCUT2D eigenvalue weighted by atomic mass is 19.4. The molecule has 0 radical (unpaired) electrons. The van der Waals surface area contributed by atoms with Crippen molar-refractivity contribution in [2.45, 2.75) is 17.8 Å². The molecular weight excluding hydrogens is 262 g/mol. The van der Waals surface area contributed by atoms with Gasteiger partial charge in [-0.15, -0.1) is 0 Å². The SMILES string of the molecule is FCC(F)(F)C(F)(F)C(F)(F)C(F)=C(F)F. The van der Waals surface area contributed by atoms with Gasteiger partial charge < -0.3 is 0 Å². The molecule has 96 valence electrons. The molecule has 0 aromatic carbocycles. The molecule has 0 unspecified atom stereocenters. The van der Waals surface area contributed by atoms with Crippen LogP contribution in [0, 0.1) is 0 Å². The van der Waals surface area contributed by atoms with E-state index in [-0.39, 0.29) is 0 Å². The van der Waals surface area contributed by atoms with E-state index >= 15 is 0 Å². The molecule has 0 saturated carbocycles. The van der Waals surface area contributed by atoms with Crippen LogP contribution in [-0.4, -0.2) is 24.4 Å². The lowest BCUT2D eigenvalue weighted by Gasteiger charge is -2.29. The number of allylic oxidation sites excluding steroid dienone is 1. The molecule has 0 N–H and O–H groups in total. The summed E-state index contributed by atoms with van der Waals surface area (Å²) in [5.74, 6) is -23.1. The van der Waals surface area contributed by atoms with E-state index in [2.05, 4.69) is 0 Å². The fourth-order valence-corrected chi connectivity index (χ4v) is 0.570. The average molecular weight is 264 g/mol. The standard InChI is InChI=1S/C6H2F10/c7-1-4(11,12)6(15,16)5(13,14)2(8)3(9)10/h1H2. The van der Waals surface area contributed by atoms with Crippen LogP contribution >= 0.6 is 0 Å². The number of hydrogen-bond donors (Lipinski definition) is 0. The first-order chi connectivity index (χ1) is 6.91. The van der Waals surface area contributed by atoms with Gasteiger partial charge in [0.2, 0.25) is 5.83 Å². The highest BCUT2D eigenvalue weighted by Crippen LogP contribution is 2.50. The maximum Gasteiger partial charge on any atom is 0.381 e. The topological polar surface area (TPSA) is 0 Å². The largest absolute Gasteiger partial charge is 0.381 e. The Labute approximate surface area is 81.5 Å². The Kier molecular flexibility index (Phi) is 3.88. The smallest absolute Gasteiger partial charge is 0.244 e. The third-order valence-electron chi connectivity index (χ3n) is 1.46. The quantitative estimate of drug-likeness (QED) is 0.674. The minimum atomic E-state index is -6.61. The van der Waals surface area contributed by atoms with Gasteiger partial charge in [0.15, 0.2) is 6.67 Å². The molecule has 10 heteroatoms. The van der Waals surface area contributed by atoms with E-state index in [4.69, 9.17) is 0 Å². The summed E-state index contributed by atoms with van der Waals surface area (Å²) in [5, 5.41) is 0. The van der Waals surface area contributed by atoms with Gasteiger partial charge in [-0.05, 0) is 0 Å². The molecule has 0 aliphatic rings.